The van der Waals surface area contributed by atoms with Crippen molar-refractivity contribution in [2.24, 2.45) is 0 Å². The highest BCUT2D eigenvalue weighted by Gasteiger charge is 2.20. The van der Waals surface area contributed by atoms with Crippen LogP contribution in [0.25, 0.3) is 16.5 Å². The van der Waals surface area contributed by atoms with E-state index in [1.165, 1.54) is 10.9 Å². The molecule has 3 rings (SSSR count). The quantitative estimate of drug-likeness (QED) is 0.613. The third-order valence-electron chi connectivity index (χ3n) is 3.97. The first-order chi connectivity index (χ1) is 13.1. The molecule has 3 aromatic rings. The minimum atomic E-state index is -0.583. The van der Waals surface area contributed by atoms with Gasteiger partial charge in [-0.15, -0.1) is 11.3 Å². The number of carbonyl (C=O) groups excluding carboxylic acids is 1. The van der Waals surface area contributed by atoms with E-state index >= 15 is 0 Å². The summed E-state index contributed by atoms with van der Waals surface area (Å²) in [5, 5.41) is 18.6. The second-order valence-corrected chi connectivity index (χ2v) is 6.79. The summed E-state index contributed by atoms with van der Waals surface area (Å²) >= 11 is 1.58. The Morgan fingerprint density at radius 3 is 3.00 bits per heavy atom. The molecule has 3 aromatic heterocycles. The average molecular weight is 387 g/mol. The highest BCUT2D eigenvalue weighted by atomic mass is 32.1. The second-order valence-electron chi connectivity index (χ2n) is 5.84. The largest absolute Gasteiger partial charge is 0.391 e. The lowest BCUT2D eigenvalue weighted by Gasteiger charge is -2.11. The lowest BCUT2D eigenvalue weighted by molar-refractivity contribution is 0.0909. The van der Waals surface area contributed by atoms with Crippen LogP contribution in [-0.4, -0.2) is 50.5 Å². The molecule has 1 amide bonds. The van der Waals surface area contributed by atoms with Gasteiger partial charge in [0.05, 0.1) is 40.7 Å². The van der Waals surface area contributed by atoms with Crippen LogP contribution in [0.4, 0.5) is 0 Å². The van der Waals surface area contributed by atoms with Crippen molar-refractivity contribution in [1.29, 1.82) is 0 Å². The Kier molecular flexibility index (Phi) is 6.28. The molecule has 0 aromatic carbocycles. The zero-order chi connectivity index (χ0) is 19.2. The minimum Gasteiger partial charge on any atom is -0.391 e. The number of ether oxygens (including phenoxy) is 1. The van der Waals surface area contributed by atoms with Crippen molar-refractivity contribution in [2.45, 2.75) is 26.1 Å². The SMILES string of the molecule is CC[C@H](O)CNC(=O)c1cnn(-c2nccc(-c3cccs3)n2)c1COC. The molecule has 1 atom stereocenters. The van der Waals surface area contributed by atoms with Gasteiger partial charge in [0.15, 0.2) is 0 Å². The Bertz CT molecular complexity index is 894. The molecule has 8 nitrogen and oxygen atoms in total. The number of aromatic nitrogens is 4. The Labute approximate surface area is 160 Å². The highest BCUT2D eigenvalue weighted by Crippen LogP contribution is 2.23. The molecule has 9 heteroatoms. The van der Waals surface area contributed by atoms with Crippen molar-refractivity contribution >= 4 is 17.2 Å². The summed E-state index contributed by atoms with van der Waals surface area (Å²) in [7, 11) is 1.54. The highest BCUT2D eigenvalue weighted by molar-refractivity contribution is 7.13. The van der Waals surface area contributed by atoms with Gasteiger partial charge in [0.2, 0.25) is 0 Å². The molecule has 0 bridgehead atoms. The minimum absolute atomic E-state index is 0.172. The predicted octanol–water partition coefficient (Wildman–Crippen LogP) is 2.04. The predicted molar refractivity (Wildman–Crippen MR) is 102 cm³/mol. The molecule has 3 heterocycles. The van der Waals surface area contributed by atoms with Crippen molar-refractivity contribution in [2.75, 3.05) is 13.7 Å². The monoisotopic (exact) mass is 387 g/mol. The van der Waals surface area contributed by atoms with E-state index in [4.69, 9.17) is 4.74 Å². The third-order valence-corrected chi connectivity index (χ3v) is 4.86. The Morgan fingerprint density at radius 2 is 2.30 bits per heavy atom. The molecular formula is C18H21N5O3S. The van der Waals surface area contributed by atoms with Crippen LogP contribution in [0.15, 0.2) is 36.0 Å². The molecule has 0 aliphatic rings. The number of methoxy groups -OCH3 is 1. The number of carbonyl (C=O) groups is 1. The van der Waals surface area contributed by atoms with E-state index in [0.29, 0.717) is 23.6 Å². The number of aliphatic hydroxyl groups excluding tert-OH is 1. The summed E-state index contributed by atoms with van der Waals surface area (Å²) in [6, 6.07) is 5.77. The van der Waals surface area contributed by atoms with Gasteiger partial charge in [-0.25, -0.2) is 9.97 Å². The molecule has 142 valence electrons. The number of hydrogen-bond donors (Lipinski definition) is 2. The molecule has 0 radical (unpaired) electrons. The van der Waals surface area contributed by atoms with Gasteiger partial charge >= 0.3 is 0 Å². The summed E-state index contributed by atoms with van der Waals surface area (Å²) < 4.78 is 6.75. The fourth-order valence-electron chi connectivity index (χ4n) is 2.47. The van der Waals surface area contributed by atoms with E-state index in [9.17, 15) is 9.90 Å². The number of nitrogens with one attached hydrogen (secondary N) is 1. The van der Waals surface area contributed by atoms with Crippen LogP contribution in [0.5, 0.6) is 0 Å². The van der Waals surface area contributed by atoms with E-state index in [1.807, 2.05) is 30.5 Å². The normalized spacial score (nSPS) is 12.1. The van der Waals surface area contributed by atoms with E-state index in [1.54, 1.807) is 24.6 Å². The first-order valence-electron chi connectivity index (χ1n) is 8.53. The molecule has 0 spiro atoms. The summed E-state index contributed by atoms with van der Waals surface area (Å²) in [5.41, 5.74) is 1.69. The fourth-order valence-corrected chi connectivity index (χ4v) is 3.17. The second kappa shape index (κ2) is 8.85. The molecule has 0 aliphatic heterocycles. The third kappa shape index (κ3) is 4.38. The topological polar surface area (TPSA) is 102 Å². The Balaban J connectivity index is 1.91. The van der Waals surface area contributed by atoms with Crippen molar-refractivity contribution in [3.8, 4) is 16.5 Å². The van der Waals surface area contributed by atoms with Gasteiger partial charge in [0.25, 0.3) is 11.9 Å². The smallest absolute Gasteiger partial charge is 0.254 e. The van der Waals surface area contributed by atoms with Gasteiger partial charge in [-0.3, -0.25) is 4.79 Å². The summed E-state index contributed by atoms with van der Waals surface area (Å²) in [6.45, 7) is 2.20. The van der Waals surface area contributed by atoms with E-state index < -0.39 is 6.10 Å². The number of amides is 1. The average Bonchev–Trinajstić information content (AvgIpc) is 3.36. The molecule has 0 saturated heterocycles. The van der Waals surface area contributed by atoms with Crippen molar-refractivity contribution < 1.29 is 14.6 Å². The van der Waals surface area contributed by atoms with E-state index in [2.05, 4.69) is 20.4 Å². The van der Waals surface area contributed by atoms with Crippen LogP contribution < -0.4 is 5.32 Å². The Morgan fingerprint density at radius 1 is 1.44 bits per heavy atom. The van der Waals surface area contributed by atoms with Crippen molar-refractivity contribution in [1.82, 2.24) is 25.1 Å². The standard InChI is InChI=1S/C18H21N5O3S/c1-3-12(24)9-20-17(25)13-10-21-23(15(13)11-26-2)18-19-7-6-14(22-18)16-5-4-8-27-16/h4-8,10,12,24H,3,9,11H2,1-2H3,(H,20,25)/t12-/m0/s1. The van der Waals surface area contributed by atoms with Gasteiger partial charge in [-0.05, 0) is 23.9 Å². The van der Waals surface area contributed by atoms with Crippen LogP contribution in [0.2, 0.25) is 0 Å². The summed E-state index contributed by atoms with van der Waals surface area (Å²) in [5.74, 6) is 0.0378. The molecular weight excluding hydrogens is 366 g/mol. The van der Waals surface area contributed by atoms with Gasteiger partial charge < -0.3 is 15.2 Å². The van der Waals surface area contributed by atoms with Crippen LogP contribution in [0.3, 0.4) is 0 Å². The fraction of sp³-hybridized carbons (Fsp3) is 0.333. The maximum Gasteiger partial charge on any atom is 0.254 e. The van der Waals surface area contributed by atoms with Crippen LogP contribution in [0, 0.1) is 0 Å². The van der Waals surface area contributed by atoms with Crippen LogP contribution in [-0.2, 0) is 11.3 Å². The molecule has 0 fully saturated rings. The molecule has 0 saturated carbocycles. The summed E-state index contributed by atoms with van der Waals surface area (Å²) in [4.78, 5) is 22.4. The van der Waals surface area contributed by atoms with Gasteiger partial charge in [0.1, 0.15) is 0 Å². The van der Waals surface area contributed by atoms with Crippen molar-refractivity contribution in [3.63, 3.8) is 0 Å². The van der Waals surface area contributed by atoms with E-state index in [0.717, 1.165) is 10.6 Å². The van der Waals surface area contributed by atoms with Crippen molar-refractivity contribution in [3.05, 3.63) is 47.2 Å². The molecule has 0 aliphatic carbocycles. The van der Waals surface area contributed by atoms with Gasteiger partial charge in [-0.1, -0.05) is 13.0 Å². The maximum absolute atomic E-state index is 12.5. The first kappa shape index (κ1) is 19.2. The first-order valence-corrected chi connectivity index (χ1v) is 9.41. The van der Waals surface area contributed by atoms with Crippen LogP contribution in [0.1, 0.15) is 29.4 Å². The number of thiophene rings is 1. The molecule has 0 unspecified atom stereocenters. The molecule has 2 N–H and O–H groups in total. The number of aliphatic hydroxyl groups is 1. The maximum atomic E-state index is 12.5. The van der Waals surface area contributed by atoms with E-state index in [-0.39, 0.29) is 19.1 Å². The summed E-state index contributed by atoms with van der Waals surface area (Å²) in [6.07, 6.45) is 3.10. The number of nitrogens with zero attached hydrogens (tertiary/aromatic N) is 4. The Hall–Kier alpha value is -2.62. The number of hydrogen-bond acceptors (Lipinski definition) is 7. The lowest BCUT2D eigenvalue weighted by Crippen LogP contribution is -2.32. The zero-order valence-corrected chi connectivity index (χ0v) is 15.9. The van der Waals surface area contributed by atoms with Crippen LogP contribution >= 0.6 is 11.3 Å². The lowest BCUT2D eigenvalue weighted by atomic mass is 10.2. The van der Waals surface area contributed by atoms with Gasteiger partial charge in [-0.2, -0.15) is 9.78 Å². The zero-order valence-electron chi connectivity index (χ0n) is 15.1. The number of rotatable bonds is 8. The molecule has 27 heavy (non-hydrogen) atoms. The van der Waals surface area contributed by atoms with Gasteiger partial charge in [0, 0.05) is 19.9 Å².